The maximum atomic E-state index is 12.2. The fourth-order valence-electron chi connectivity index (χ4n) is 2.72. The molecule has 134 valence electrons. The normalized spacial score (nSPS) is 16.9. The van der Waals surface area contributed by atoms with Crippen LogP contribution in [-0.4, -0.2) is 61.3 Å². The molecule has 1 aromatic carbocycles. The second-order valence-corrected chi connectivity index (χ2v) is 6.70. The van der Waals surface area contributed by atoms with E-state index in [1.807, 2.05) is 30.0 Å². The van der Waals surface area contributed by atoms with Crippen LogP contribution in [0.5, 0.6) is 0 Å². The van der Waals surface area contributed by atoms with Gasteiger partial charge in [0, 0.05) is 50.9 Å². The third-order valence-corrected chi connectivity index (χ3v) is 4.34. The Bertz CT molecular complexity index is 519. The van der Waals surface area contributed by atoms with Gasteiger partial charge in [0.15, 0.2) is 0 Å². The Morgan fingerprint density at radius 1 is 1.33 bits per heavy atom. The van der Waals surface area contributed by atoms with E-state index >= 15 is 0 Å². The fourth-order valence-corrected chi connectivity index (χ4v) is 2.94. The van der Waals surface area contributed by atoms with Gasteiger partial charge in [-0.1, -0.05) is 30.7 Å². The van der Waals surface area contributed by atoms with Crippen molar-refractivity contribution in [2.45, 2.75) is 32.9 Å². The zero-order valence-electron chi connectivity index (χ0n) is 14.6. The van der Waals surface area contributed by atoms with E-state index in [9.17, 15) is 4.79 Å². The topological polar surface area (TPSA) is 44.8 Å². The summed E-state index contributed by atoms with van der Waals surface area (Å²) in [7, 11) is 0. The number of piperazine rings is 1. The highest BCUT2D eigenvalue weighted by Gasteiger charge is 2.21. The number of ether oxygens (including phenoxy) is 1. The second-order valence-electron chi connectivity index (χ2n) is 6.26. The van der Waals surface area contributed by atoms with Crippen LogP contribution < -0.4 is 5.32 Å². The monoisotopic (exact) mass is 353 g/mol. The van der Waals surface area contributed by atoms with E-state index in [0.29, 0.717) is 6.54 Å². The zero-order chi connectivity index (χ0) is 17.4. The van der Waals surface area contributed by atoms with Gasteiger partial charge in [-0.25, -0.2) is 4.79 Å². The average molecular weight is 354 g/mol. The van der Waals surface area contributed by atoms with Gasteiger partial charge >= 0.3 is 6.03 Å². The number of hydrogen-bond donors (Lipinski definition) is 1. The van der Waals surface area contributed by atoms with Crippen LogP contribution in [0.1, 0.15) is 25.8 Å². The van der Waals surface area contributed by atoms with Crippen LogP contribution in [0.3, 0.4) is 0 Å². The summed E-state index contributed by atoms with van der Waals surface area (Å²) in [5.74, 6) is 0. The quantitative estimate of drug-likeness (QED) is 0.819. The highest BCUT2D eigenvalue weighted by atomic mass is 35.5. The lowest BCUT2D eigenvalue weighted by atomic mass is 10.2. The molecule has 0 spiro atoms. The first-order valence-corrected chi connectivity index (χ1v) is 9.07. The highest BCUT2D eigenvalue weighted by Crippen LogP contribution is 2.14. The Balaban J connectivity index is 1.69. The molecule has 0 saturated carbocycles. The van der Waals surface area contributed by atoms with Gasteiger partial charge in [-0.15, -0.1) is 0 Å². The first-order chi connectivity index (χ1) is 11.6. The summed E-state index contributed by atoms with van der Waals surface area (Å²) in [4.78, 5) is 16.4. The molecule has 5 nitrogen and oxygen atoms in total. The molecule has 0 unspecified atom stereocenters. The molecule has 0 aromatic heterocycles. The molecule has 1 aromatic rings. The van der Waals surface area contributed by atoms with E-state index in [1.165, 1.54) is 5.56 Å². The number of carbonyl (C=O) groups is 1. The summed E-state index contributed by atoms with van der Waals surface area (Å²) in [5, 5.41) is 3.73. The van der Waals surface area contributed by atoms with E-state index in [0.717, 1.165) is 50.8 Å². The number of urea groups is 1. The molecule has 1 N–H and O–H groups in total. The van der Waals surface area contributed by atoms with Crippen molar-refractivity contribution in [3.8, 4) is 0 Å². The van der Waals surface area contributed by atoms with Gasteiger partial charge in [-0.2, -0.15) is 0 Å². The maximum Gasteiger partial charge on any atom is 0.317 e. The minimum atomic E-state index is 0.00403. The van der Waals surface area contributed by atoms with Gasteiger partial charge < -0.3 is 15.0 Å². The second kappa shape index (κ2) is 9.87. The largest absolute Gasteiger partial charge is 0.377 e. The molecular formula is C18H28ClN3O2. The lowest BCUT2D eigenvalue weighted by Gasteiger charge is -2.35. The fraction of sp³-hybridized carbons (Fsp3) is 0.611. The molecule has 1 heterocycles. The number of nitrogens with one attached hydrogen (secondary N) is 1. The van der Waals surface area contributed by atoms with Crippen molar-refractivity contribution < 1.29 is 9.53 Å². The molecule has 24 heavy (non-hydrogen) atoms. The molecule has 1 aliphatic heterocycles. The molecular weight excluding hydrogens is 326 g/mol. The Hall–Kier alpha value is -1.30. The molecule has 1 atom stereocenters. The van der Waals surface area contributed by atoms with Gasteiger partial charge in [0.25, 0.3) is 0 Å². The Labute approximate surface area is 149 Å². The lowest BCUT2D eigenvalue weighted by Crippen LogP contribution is -2.52. The molecule has 2 rings (SSSR count). The molecule has 0 bridgehead atoms. The minimum absolute atomic E-state index is 0.00403. The average Bonchev–Trinajstić information content (AvgIpc) is 2.58. The minimum Gasteiger partial charge on any atom is -0.377 e. The number of hydrogen-bond acceptors (Lipinski definition) is 3. The molecule has 0 aliphatic carbocycles. The van der Waals surface area contributed by atoms with E-state index in [4.69, 9.17) is 16.3 Å². The SMILES string of the molecule is CCCO[C@@H](C)CNC(=O)N1CCN(Cc2cccc(Cl)c2)CC1. The number of rotatable bonds is 7. The van der Waals surface area contributed by atoms with E-state index in [-0.39, 0.29) is 12.1 Å². The smallest absolute Gasteiger partial charge is 0.317 e. The number of benzene rings is 1. The van der Waals surface area contributed by atoms with E-state index in [2.05, 4.69) is 23.2 Å². The number of halogens is 1. The highest BCUT2D eigenvalue weighted by molar-refractivity contribution is 6.30. The van der Waals surface area contributed by atoms with Crippen LogP contribution in [-0.2, 0) is 11.3 Å². The predicted octanol–water partition coefficient (Wildman–Crippen LogP) is 2.98. The molecule has 1 saturated heterocycles. The van der Waals surface area contributed by atoms with Crippen molar-refractivity contribution in [1.82, 2.24) is 15.1 Å². The molecule has 0 radical (unpaired) electrons. The summed E-state index contributed by atoms with van der Waals surface area (Å²) in [6, 6.07) is 7.95. The Morgan fingerprint density at radius 3 is 2.75 bits per heavy atom. The van der Waals surface area contributed by atoms with Crippen molar-refractivity contribution in [2.24, 2.45) is 0 Å². The third kappa shape index (κ3) is 6.30. The first kappa shape index (κ1) is 19.0. The summed E-state index contributed by atoms with van der Waals surface area (Å²) < 4.78 is 5.57. The van der Waals surface area contributed by atoms with Gasteiger partial charge in [0.1, 0.15) is 0 Å². The number of amides is 2. The molecule has 1 aliphatic rings. The van der Waals surface area contributed by atoms with Crippen LogP contribution in [0, 0.1) is 0 Å². The number of nitrogens with zero attached hydrogens (tertiary/aromatic N) is 2. The molecule has 1 fully saturated rings. The molecule has 6 heteroatoms. The molecule has 2 amide bonds. The first-order valence-electron chi connectivity index (χ1n) is 8.69. The van der Waals surface area contributed by atoms with Gasteiger partial charge in [0.2, 0.25) is 0 Å². The van der Waals surface area contributed by atoms with Crippen molar-refractivity contribution in [2.75, 3.05) is 39.3 Å². The van der Waals surface area contributed by atoms with Gasteiger partial charge in [-0.05, 0) is 31.0 Å². The summed E-state index contributed by atoms with van der Waals surface area (Å²) in [6.07, 6.45) is 1.05. The summed E-state index contributed by atoms with van der Waals surface area (Å²) in [5.41, 5.74) is 1.21. The summed E-state index contributed by atoms with van der Waals surface area (Å²) >= 11 is 6.03. The Morgan fingerprint density at radius 2 is 2.08 bits per heavy atom. The van der Waals surface area contributed by atoms with Gasteiger partial charge in [0.05, 0.1) is 6.10 Å². The van der Waals surface area contributed by atoms with Gasteiger partial charge in [-0.3, -0.25) is 4.90 Å². The van der Waals surface area contributed by atoms with Crippen LogP contribution in [0.15, 0.2) is 24.3 Å². The standard InChI is InChI=1S/C18H28ClN3O2/c1-3-11-24-15(2)13-20-18(23)22-9-7-21(8-10-22)14-16-5-4-6-17(19)12-16/h4-6,12,15H,3,7-11,13-14H2,1-2H3,(H,20,23)/t15-/m0/s1. The van der Waals surface area contributed by atoms with E-state index < -0.39 is 0 Å². The van der Waals surface area contributed by atoms with Crippen molar-refractivity contribution in [1.29, 1.82) is 0 Å². The van der Waals surface area contributed by atoms with Crippen LogP contribution in [0.4, 0.5) is 4.79 Å². The van der Waals surface area contributed by atoms with Crippen LogP contribution in [0.25, 0.3) is 0 Å². The van der Waals surface area contributed by atoms with Crippen LogP contribution >= 0.6 is 11.6 Å². The lowest BCUT2D eigenvalue weighted by molar-refractivity contribution is 0.0654. The Kier molecular flexibility index (Phi) is 7.82. The van der Waals surface area contributed by atoms with Crippen molar-refractivity contribution >= 4 is 17.6 Å². The zero-order valence-corrected chi connectivity index (χ0v) is 15.4. The van der Waals surface area contributed by atoms with Crippen LogP contribution in [0.2, 0.25) is 5.02 Å². The van der Waals surface area contributed by atoms with Crippen molar-refractivity contribution in [3.05, 3.63) is 34.9 Å². The summed E-state index contributed by atoms with van der Waals surface area (Å²) in [6.45, 7) is 9.47. The maximum absolute atomic E-state index is 12.2. The van der Waals surface area contributed by atoms with Crippen molar-refractivity contribution in [3.63, 3.8) is 0 Å². The predicted molar refractivity (Wildman–Crippen MR) is 97.4 cm³/mol. The number of carbonyl (C=O) groups excluding carboxylic acids is 1. The third-order valence-electron chi connectivity index (χ3n) is 4.10. The van der Waals surface area contributed by atoms with E-state index in [1.54, 1.807) is 0 Å².